The van der Waals surface area contributed by atoms with Crippen LogP contribution in [0.4, 0.5) is 9.52 Å². The molecular formula is C21H20FN3O3S. The number of ether oxygens (including phenoxy) is 2. The number of rotatable bonds is 6. The molecule has 1 aliphatic rings. The normalized spacial score (nSPS) is 14.7. The summed E-state index contributed by atoms with van der Waals surface area (Å²) in [5, 5.41) is 5.05. The van der Waals surface area contributed by atoms with Crippen molar-refractivity contribution in [2.45, 2.75) is 25.6 Å². The first-order chi connectivity index (χ1) is 14.2. The molecule has 1 fully saturated rings. The highest BCUT2D eigenvalue weighted by Gasteiger charge is 2.16. The Morgan fingerprint density at radius 3 is 2.86 bits per heavy atom. The molecule has 1 N–H and O–H groups in total. The third kappa shape index (κ3) is 5.03. The third-order valence-corrected chi connectivity index (χ3v) is 5.38. The van der Waals surface area contributed by atoms with E-state index in [1.54, 1.807) is 0 Å². The minimum absolute atomic E-state index is 0.133. The fourth-order valence-corrected chi connectivity index (χ4v) is 3.78. The molecule has 150 valence electrons. The van der Waals surface area contributed by atoms with Crippen molar-refractivity contribution in [3.8, 4) is 11.3 Å². The van der Waals surface area contributed by atoms with E-state index in [0.29, 0.717) is 11.7 Å². The fourth-order valence-electron chi connectivity index (χ4n) is 3.07. The predicted molar refractivity (Wildman–Crippen MR) is 108 cm³/mol. The lowest BCUT2D eigenvalue weighted by Gasteiger charge is -2.22. The summed E-state index contributed by atoms with van der Waals surface area (Å²) in [6.07, 6.45) is 3.04. The minimum atomic E-state index is -0.488. The molecule has 0 unspecified atom stereocenters. The molecule has 29 heavy (non-hydrogen) atoms. The Bertz CT molecular complexity index is 971. The molecule has 1 aromatic carbocycles. The number of hydrogen-bond donors (Lipinski definition) is 1. The van der Waals surface area contributed by atoms with E-state index in [9.17, 15) is 9.18 Å². The molecule has 0 bridgehead atoms. The number of carbonyl (C=O) groups excluding carboxylic acids is 1. The first-order valence-electron chi connectivity index (χ1n) is 9.35. The van der Waals surface area contributed by atoms with Crippen LogP contribution >= 0.6 is 11.3 Å². The minimum Gasteiger partial charge on any atom is -0.381 e. The van der Waals surface area contributed by atoms with Crippen molar-refractivity contribution in [1.82, 2.24) is 9.97 Å². The number of thiazole rings is 1. The number of nitrogens with zero attached hydrogens (tertiary/aromatic N) is 2. The summed E-state index contributed by atoms with van der Waals surface area (Å²) >= 11 is 1.32. The van der Waals surface area contributed by atoms with Gasteiger partial charge in [-0.05, 0) is 30.5 Å². The van der Waals surface area contributed by atoms with Crippen LogP contribution in [0.3, 0.4) is 0 Å². The van der Waals surface area contributed by atoms with Gasteiger partial charge in [0.15, 0.2) is 5.13 Å². The lowest BCUT2D eigenvalue weighted by molar-refractivity contribution is -0.0389. The summed E-state index contributed by atoms with van der Waals surface area (Å²) in [6.45, 7) is 1.98. The Hall–Kier alpha value is -2.68. The van der Waals surface area contributed by atoms with E-state index in [1.807, 2.05) is 29.6 Å². The molecule has 0 aliphatic carbocycles. The number of amides is 1. The van der Waals surface area contributed by atoms with Crippen LogP contribution in [-0.4, -0.2) is 35.2 Å². The Kier molecular flexibility index (Phi) is 6.24. The second-order valence-corrected chi connectivity index (χ2v) is 7.49. The highest BCUT2D eigenvalue weighted by molar-refractivity contribution is 7.14. The summed E-state index contributed by atoms with van der Waals surface area (Å²) in [4.78, 5) is 20.6. The van der Waals surface area contributed by atoms with E-state index >= 15 is 0 Å². The first-order valence-corrected chi connectivity index (χ1v) is 10.2. The van der Waals surface area contributed by atoms with Gasteiger partial charge in [0.25, 0.3) is 5.91 Å². The van der Waals surface area contributed by atoms with Crippen LogP contribution < -0.4 is 5.32 Å². The molecule has 6 nitrogen and oxygen atoms in total. The lowest BCUT2D eigenvalue weighted by Crippen LogP contribution is -2.23. The molecule has 3 heterocycles. The van der Waals surface area contributed by atoms with E-state index in [4.69, 9.17) is 9.47 Å². The maximum atomic E-state index is 13.0. The van der Waals surface area contributed by atoms with E-state index in [-0.39, 0.29) is 11.8 Å². The highest BCUT2D eigenvalue weighted by Crippen LogP contribution is 2.29. The molecule has 4 rings (SSSR count). The number of pyridine rings is 1. The van der Waals surface area contributed by atoms with Gasteiger partial charge in [-0.3, -0.25) is 10.1 Å². The Morgan fingerprint density at radius 2 is 2.07 bits per heavy atom. The van der Waals surface area contributed by atoms with E-state index < -0.39 is 11.7 Å². The van der Waals surface area contributed by atoms with Crippen molar-refractivity contribution in [1.29, 1.82) is 0 Å². The Morgan fingerprint density at radius 1 is 1.24 bits per heavy atom. The van der Waals surface area contributed by atoms with Crippen LogP contribution in [0, 0.1) is 5.82 Å². The van der Waals surface area contributed by atoms with Gasteiger partial charge in [-0.25, -0.2) is 14.4 Å². The third-order valence-electron chi connectivity index (χ3n) is 4.62. The van der Waals surface area contributed by atoms with Gasteiger partial charge in [0.2, 0.25) is 0 Å². The van der Waals surface area contributed by atoms with Crippen LogP contribution in [0.1, 0.15) is 28.9 Å². The van der Waals surface area contributed by atoms with E-state index in [0.717, 1.165) is 49.1 Å². The van der Waals surface area contributed by atoms with Gasteiger partial charge in [-0.15, -0.1) is 11.3 Å². The SMILES string of the molecule is O=C(Nc1nc(-c2ccccc2COC2CCOCC2)cs1)c1ccc(F)cn1. The van der Waals surface area contributed by atoms with Gasteiger partial charge in [0, 0.05) is 24.2 Å². The second kappa shape index (κ2) is 9.21. The molecule has 0 radical (unpaired) electrons. The van der Waals surface area contributed by atoms with Gasteiger partial charge >= 0.3 is 0 Å². The van der Waals surface area contributed by atoms with Crippen molar-refractivity contribution < 1.29 is 18.7 Å². The zero-order chi connectivity index (χ0) is 20.1. The molecule has 2 aromatic heterocycles. The van der Waals surface area contributed by atoms with Crippen molar-refractivity contribution in [3.63, 3.8) is 0 Å². The molecular weight excluding hydrogens is 393 g/mol. The van der Waals surface area contributed by atoms with Crippen molar-refractivity contribution in [2.24, 2.45) is 0 Å². The molecule has 0 atom stereocenters. The summed E-state index contributed by atoms with van der Waals surface area (Å²) in [6, 6.07) is 10.5. The second-order valence-electron chi connectivity index (χ2n) is 6.63. The summed E-state index contributed by atoms with van der Waals surface area (Å²) in [5.74, 6) is -0.917. The monoisotopic (exact) mass is 413 g/mol. The summed E-state index contributed by atoms with van der Waals surface area (Å²) < 4.78 is 24.4. The van der Waals surface area contributed by atoms with Gasteiger partial charge in [-0.1, -0.05) is 24.3 Å². The van der Waals surface area contributed by atoms with Crippen LogP contribution in [0.25, 0.3) is 11.3 Å². The van der Waals surface area contributed by atoms with Crippen LogP contribution in [0.5, 0.6) is 0 Å². The topological polar surface area (TPSA) is 73.3 Å². The van der Waals surface area contributed by atoms with Crippen LogP contribution in [0.2, 0.25) is 0 Å². The number of hydrogen-bond acceptors (Lipinski definition) is 6. The lowest BCUT2D eigenvalue weighted by atomic mass is 10.1. The molecule has 0 spiro atoms. The highest BCUT2D eigenvalue weighted by atomic mass is 32.1. The number of anilines is 1. The molecule has 1 aliphatic heterocycles. The van der Waals surface area contributed by atoms with Gasteiger partial charge < -0.3 is 9.47 Å². The number of carbonyl (C=O) groups is 1. The summed E-state index contributed by atoms with van der Waals surface area (Å²) in [7, 11) is 0. The molecule has 0 saturated carbocycles. The maximum Gasteiger partial charge on any atom is 0.276 e. The number of nitrogens with one attached hydrogen (secondary N) is 1. The molecule has 8 heteroatoms. The van der Waals surface area contributed by atoms with Gasteiger partial charge in [-0.2, -0.15) is 0 Å². The Balaban J connectivity index is 1.44. The predicted octanol–water partition coefficient (Wildman–Crippen LogP) is 4.29. The van der Waals surface area contributed by atoms with Crippen molar-refractivity contribution >= 4 is 22.4 Å². The summed E-state index contributed by atoms with van der Waals surface area (Å²) in [5.41, 5.74) is 2.91. The number of aromatic nitrogens is 2. The maximum absolute atomic E-state index is 13.0. The number of benzene rings is 1. The van der Waals surface area contributed by atoms with Gasteiger partial charge in [0.1, 0.15) is 11.5 Å². The fraction of sp³-hybridized carbons (Fsp3) is 0.286. The Labute approximate surface area is 171 Å². The van der Waals surface area contributed by atoms with Gasteiger partial charge in [0.05, 0.1) is 24.6 Å². The average Bonchev–Trinajstić information content (AvgIpc) is 3.22. The van der Waals surface area contributed by atoms with E-state index in [1.165, 1.54) is 23.5 Å². The average molecular weight is 413 g/mol. The largest absolute Gasteiger partial charge is 0.381 e. The zero-order valence-electron chi connectivity index (χ0n) is 15.6. The number of halogens is 1. The van der Waals surface area contributed by atoms with Crippen LogP contribution in [0.15, 0.2) is 48.0 Å². The standard InChI is InChI=1S/C21H20FN3O3S/c22-15-5-6-18(23-11-15)20(26)25-21-24-19(13-29-21)17-4-2-1-3-14(17)12-28-16-7-9-27-10-8-16/h1-6,11,13,16H,7-10,12H2,(H,24,25,26). The quantitative estimate of drug-likeness (QED) is 0.653. The zero-order valence-corrected chi connectivity index (χ0v) is 16.5. The van der Waals surface area contributed by atoms with Crippen molar-refractivity contribution in [2.75, 3.05) is 18.5 Å². The van der Waals surface area contributed by atoms with E-state index in [2.05, 4.69) is 15.3 Å². The van der Waals surface area contributed by atoms with Crippen molar-refractivity contribution in [3.05, 3.63) is 65.0 Å². The smallest absolute Gasteiger partial charge is 0.276 e. The molecule has 1 saturated heterocycles. The van der Waals surface area contributed by atoms with Crippen LogP contribution in [-0.2, 0) is 16.1 Å². The molecule has 1 amide bonds. The molecule has 3 aromatic rings. The first kappa shape index (κ1) is 19.6.